The first-order chi connectivity index (χ1) is 8.19. The number of hydrogen-bond acceptors (Lipinski definition) is 0. The Morgan fingerprint density at radius 1 is 1.12 bits per heavy atom. The Bertz CT molecular complexity index is 574. The fourth-order valence-corrected chi connectivity index (χ4v) is 2.11. The predicted octanol–water partition coefficient (Wildman–Crippen LogP) is 4.82. The molecule has 0 aliphatic rings. The molecule has 0 fully saturated rings. The summed E-state index contributed by atoms with van der Waals surface area (Å²) in [4.78, 5) is 0. The van der Waals surface area contributed by atoms with Crippen LogP contribution in [0.2, 0.25) is 0 Å². The highest BCUT2D eigenvalue weighted by Gasteiger charge is 1.98. The highest BCUT2D eigenvalue weighted by molar-refractivity contribution is 5.83. The van der Waals surface area contributed by atoms with Gasteiger partial charge in [0.05, 0.1) is 0 Å². The quantitative estimate of drug-likeness (QED) is 0.653. The standard InChI is InChI=1S/C17H18/c1-4-5-13(2)10-15-7-9-16-11-14(3)6-8-17(16)12-15/h4-9,11-12H,1,10H2,2-3H3/b13-5+. The van der Waals surface area contributed by atoms with Crippen LogP contribution in [0.4, 0.5) is 0 Å². The number of hydrogen-bond donors (Lipinski definition) is 0. The third-order valence-electron chi connectivity index (χ3n) is 2.95. The van der Waals surface area contributed by atoms with Crippen molar-refractivity contribution in [2.24, 2.45) is 0 Å². The first kappa shape index (κ1) is 11.7. The number of rotatable bonds is 3. The first-order valence-corrected chi connectivity index (χ1v) is 5.96. The van der Waals surface area contributed by atoms with Crippen molar-refractivity contribution in [3.8, 4) is 0 Å². The van der Waals surface area contributed by atoms with Crippen molar-refractivity contribution in [3.63, 3.8) is 0 Å². The molecule has 0 amide bonds. The van der Waals surface area contributed by atoms with Crippen LogP contribution in [0.5, 0.6) is 0 Å². The summed E-state index contributed by atoms with van der Waals surface area (Å²) in [6, 6.07) is 13.3. The maximum atomic E-state index is 3.73. The summed E-state index contributed by atoms with van der Waals surface area (Å²) in [6.45, 7) is 7.99. The maximum absolute atomic E-state index is 3.73. The smallest absolute Gasteiger partial charge is 0.00665 e. The average molecular weight is 222 g/mol. The fourth-order valence-electron chi connectivity index (χ4n) is 2.11. The van der Waals surface area contributed by atoms with Gasteiger partial charge in [-0.25, -0.2) is 0 Å². The molecule has 2 aromatic carbocycles. The van der Waals surface area contributed by atoms with Crippen LogP contribution in [-0.2, 0) is 6.42 Å². The lowest BCUT2D eigenvalue weighted by Crippen LogP contribution is -1.87. The molecular formula is C17H18. The summed E-state index contributed by atoms with van der Waals surface area (Å²) in [5.74, 6) is 0. The molecule has 0 unspecified atom stereocenters. The molecular weight excluding hydrogens is 204 g/mol. The van der Waals surface area contributed by atoms with Crippen LogP contribution in [0.15, 0.2) is 60.7 Å². The van der Waals surface area contributed by atoms with Crippen LogP contribution in [-0.4, -0.2) is 0 Å². The molecule has 0 aliphatic carbocycles. The van der Waals surface area contributed by atoms with E-state index < -0.39 is 0 Å². The van der Waals surface area contributed by atoms with E-state index in [1.54, 1.807) is 0 Å². The zero-order valence-electron chi connectivity index (χ0n) is 10.5. The molecule has 0 heteroatoms. The van der Waals surface area contributed by atoms with E-state index in [0.29, 0.717) is 0 Å². The van der Waals surface area contributed by atoms with Gasteiger partial charge in [-0.15, -0.1) is 0 Å². The monoisotopic (exact) mass is 222 g/mol. The van der Waals surface area contributed by atoms with Gasteiger partial charge >= 0.3 is 0 Å². The topological polar surface area (TPSA) is 0 Å². The van der Waals surface area contributed by atoms with Crippen LogP contribution in [0.25, 0.3) is 10.8 Å². The zero-order chi connectivity index (χ0) is 12.3. The lowest BCUT2D eigenvalue weighted by atomic mass is 10.0. The second-order valence-electron chi connectivity index (χ2n) is 4.61. The van der Waals surface area contributed by atoms with Crippen LogP contribution in [0.3, 0.4) is 0 Å². The molecule has 2 aromatic rings. The van der Waals surface area contributed by atoms with Gasteiger partial charge in [-0.2, -0.15) is 0 Å². The van der Waals surface area contributed by atoms with Crippen molar-refractivity contribution in [2.75, 3.05) is 0 Å². The number of benzene rings is 2. The van der Waals surface area contributed by atoms with E-state index in [4.69, 9.17) is 0 Å². The van der Waals surface area contributed by atoms with Crippen LogP contribution in [0, 0.1) is 6.92 Å². The Labute approximate surface area is 103 Å². The summed E-state index contributed by atoms with van der Waals surface area (Å²) in [7, 11) is 0. The summed E-state index contributed by atoms with van der Waals surface area (Å²) >= 11 is 0. The average Bonchev–Trinajstić information content (AvgIpc) is 2.29. The van der Waals surface area contributed by atoms with Gasteiger partial charge in [0, 0.05) is 0 Å². The van der Waals surface area contributed by atoms with E-state index in [0.717, 1.165) is 6.42 Å². The summed E-state index contributed by atoms with van der Waals surface area (Å²) in [6.07, 6.45) is 4.91. The molecule has 0 saturated heterocycles. The second kappa shape index (κ2) is 5.01. The van der Waals surface area contributed by atoms with Gasteiger partial charge in [0.25, 0.3) is 0 Å². The minimum atomic E-state index is 0.996. The lowest BCUT2D eigenvalue weighted by molar-refractivity contribution is 1.15. The molecule has 0 atom stereocenters. The van der Waals surface area contributed by atoms with Crippen molar-refractivity contribution in [1.29, 1.82) is 0 Å². The van der Waals surface area contributed by atoms with Gasteiger partial charge in [-0.3, -0.25) is 0 Å². The molecule has 0 aromatic heterocycles. The first-order valence-electron chi connectivity index (χ1n) is 5.96. The Morgan fingerprint density at radius 3 is 2.59 bits per heavy atom. The summed E-state index contributed by atoms with van der Waals surface area (Å²) in [5, 5.41) is 2.64. The maximum Gasteiger partial charge on any atom is -0.00665 e. The predicted molar refractivity (Wildman–Crippen MR) is 76.3 cm³/mol. The van der Waals surface area contributed by atoms with Gasteiger partial charge in [0.15, 0.2) is 0 Å². The Morgan fingerprint density at radius 2 is 1.82 bits per heavy atom. The second-order valence-corrected chi connectivity index (χ2v) is 4.61. The van der Waals surface area contributed by atoms with Gasteiger partial charge in [-0.05, 0) is 36.6 Å². The van der Waals surface area contributed by atoms with Crippen molar-refractivity contribution in [2.45, 2.75) is 20.3 Å². The van der Waals surface area contributed by atoms with Gasteiger partial charge in [-0.1, -0.05) is 66.3 Å². The van der Waals surface area contributed by atoms with E-state index in [2.05, 4.69) is 62.9 Å². The number of fused-ring (bicyclic) bond motifs is 1. The molecule has 0 radical (unpaired) electrons. The third kappa shape index (κ3) is 2.85. The number of aryl methyl sites for hydroxylation is 1. The van der Waals surface area contributed by atoms with Crippen molar-refractivity contribution >= 4 is 10.8 Å². The van der Waals surface area contributed by atoms with E-state index in [-0.39, 0.29) is 0 Å². The molecule has 0 aliphatic heterocycles. The Kier molecular flexibility index (Phi) is 3.43. The SMILES string of the molecule is C=C/C=C(\C)Cc1ccc2cc(C)ccc2c1. The molecule has 0 saturated carbocycles. The lowest BCUT2D eigenvalue weighted by Gasteiger charge is -2.05. The fraction of sp³-hybridized carbons (Fsp3) is 0.176. The zero-order valence-corrected chi connectivity index (χ0v) is 10.5. The van der Waals surface area contributed by atoms with Crippen molar-refractivity contribution < 1.29 is 0 Å². The van der Waals surface area contributed by atoms with E-state index in [9.17, 15) is 0 Å². The van der Waals surface area contributed by atoms with Crippen LogP contribution >= 0.6 is 0 Å². The normalized spacial score (nSPS) is 11.8. The molecule has 17 heavy (non-hydrogen) atoms. The van der Waals surface area contributed by atoms with E-state index in [1.165, 1.54) is 27.5 Å². The molecule has 0 spiro atoms. The molecule has 2 rings (SSSR count). The molecule has 0 bridgehead atoms. The van der Waals surface area contributed by atoms with Crippen molar-refractivity contribution in [1.82, 2.24) is 0 Å². The minimum absolute atomic E-state index is 0.996. The summed E-state index contributed by atoms with van der Waals surface area (Å²) in [5.41, 5.74) is 4.01. The Hall–Kier alpha value is -1.82. The molecule has 86 valence electrons. The Balaban J connectivity index is 2.35. The third-order valence-corrected chi connectivity index (χ3v) is 2.95. The minimum Gasteiger partial charge on any atom is -0.0991 e. The van der Waals surface area contributed by atoms with Gasteiger partial charge in [0.1, 0.15) is 0 Å². The number of allylic oxidation sites excluding steroid dienone is 3. The van der Waals surface area contributed by atoms with Crippen LogP contribution < -0.4 is 0 Å². The molecule has 0 heterocycles. The van der Waals surface area contributed by atoms with Gasteiger partial charge < -0.3 is 0 Å². The molecule has 0 nitrogen and oxygen atoms in total. The van der Waals surface area contributed by atoms with E-state index >= 15 is 0 Å². The largest absolute Gasteiger partial charge is 0.0991 e. The van der Waals surface area contributed by atoms with Crippen molar-refractivity contribution in [3.05, 3.63) is 71.8 Å². The van der Waals surface area contributed by atoms with Crippen LogP contribution in [0.1, 0.15) is 18.1 Å². The van der Waals surface area contributed by atoms with Gasteiger partial charge in [0.2, 0.25) is 0 Å². The van der Waals surface area contributed by atoms with E-state index in [1.807, 2.05) is 6.08 Å². The highest BCUT2D eigenvalue weighted by atomic mass is 14.0. The highest BCUT2D eigenvalue weighted by Crippen LogP contribution is 2.19. The summed E-state index contributed by atoms with van der Waals surface area (Å²) < 4.78 is 0. The molecule has 0 N–H and O–H groups in total.